The van der Waals surface area contributed by atoms with Crippen LogP contribution in [-0.2, 0) is 9.59 Å². The Morgan fingerprint density at radius 2 is 2.03 bits per heavy atom. The van der Waals surface area contributed by atoms with Gasteiger partial charge in [0.2, 0.25) is 11.8 Å². The third-order valence-corrected chi connectivity index (χ3v) is 6.10. The highest BCUT2D eigenvalue weighted by atomic mass is 16.5. The van der Waals surface area contributed by atoms with E-state index in [2.05, 4.69) is 10.2 Å². The smallest absolute Gasteiger partial charge is 0.237 e. The van der Waals surface area contributed by atoms with Crippen molar-refractivity contribution >= 4 is 17.9 Å². The third-order valence-electron chi connectivity index (χ3n) is 6.10. The number of piperazine rings is 1. The molecule has 1 N–H and O–H groups in total. The van der Waals surface area contributed by atoms with Crippen LogP contribution < -0.4 is 10.1 Å². The molecule has 0 bridgehead atoms. The average Bonchev–Trinajstić information content (AvgIpc) is 2.76. The van der Waals surface area contributed by atoms with Gasteiger partial charge < -0.3 is 15.0 Å². The van der Waals surface area contributed by atoms with Crippen molar-refractivity contribution in [2.75, 3.05) is 33.8 Å². The average molecular weight is 400 g/mol. The van der Waals surface area contributed by atoms with E-state index < -0.39 is 6.04 Å². The molecule has 1 aromatic rings. The lowest BCUT2D eigenvalue weighted by molar-refractivity contribution is -0.139. The molecule has 1 saturated carbocycles. The van der Waals surface area contributed by atoms with Crippen LogP contribution in [-0.4, -0.2) is 67.5 Å². The van der Waals surface area contributed by atoms with Gasteiger partial charge in [0.05, 0.1) is 19.6 Å². The molecular weight excluding hydrogens is 366 g/mol. The number of amides is 2. The van der Waals surface area contributed by atoms with E-state index in [1.54, 1.807) is 7.11 Å². The molecule has 1 atom stereocenters. The summed E-state index contributed by atoms with van der Waals surface area (Å²) in [5.41, 5.74) is 1.00. The lowest BCUT2D eigenvalue weighted by Crippen LogP contribution is -2.56. The molecule has 1 saturated heterocycles. The number of carbonyl (C=O) groups excluding carboxylic acids is 2. The van der Waals surface area contributed by atoms with Gasteiger partial charge in [0.25, 0.3) is 0 Å². The van der Waals surface area contributed by atoms with E-state index in [1.165, 1.54) is 19.3 Å². The lowest BCUT2D eigenvalue weighted by atomic mass is 9.94. The first-order chi connectivity index (χ1) is 14.1. The van der Waals surface area contributed by atoms with Gasteiger partial charge in [0.1, 0.15) is 5.75 Å². The summed E-state index contributed by atoms with van der Waals surface area (Å²) in [5, 5.41) is 2.92. The molecule has 29 heavy (non-hydrogen) atoms. The van der Waals surface area contributed by atoms with Crippen molar-refractivity contribution in [3.63, 3.8) is 0 Å². The van der Waals surface area contributed by atoms with E-state index >= 15 is 0 Å². The number of para-hydroxylation sites is 1. The van der Waals surface area contributed by atoms with Gasteiger partial charge in [-0.1, -0.05) is 49.6 Å². The first-order valence-corrected chi connectivity index (χ1v) is 10.7. The normalized spacial score (nSPS) is 21.2. The summed E-state index contributed by atoms with van der Waals surface area (Å²) in [5.74, 6) is 0.839. The number of nitrogens with one attached hydrogen (secondary N) is 1. The van der Waals surface area contributed by atoms with E-state index in [1.807, 2.05) is 48.4 Å². The second-order valence-electron chi connectivity index (χ2n) is 7.95. The molecule has 2 aliphatic rings. The maximum atomic E-state index is 12.9. The first-order valence-electron chi connectivity index (χ1n) is 10.7. The van der Waals surface area contributed by atoms with Crippen LogP contribution in [0.4, 0.5) is 0 Å². The highest BCUT2D eigenvalue weighted by molar-refractivity contribution is 5.89. The van der Waals surface area contributed by atoms with Gasteiger partial charge >= 0.3 is 0 Å². The van der Waals surface area contributed by atoms with Crippen molar-refractivity contribution in [3.8, 4) is 5.75 Å². The van der Waals surface area contributed by atoms with Gasteiger partial charge in [-0.15, -0.1) is 0 Å². The van der Waals surface area contributed by atoms with Crippen molar-refractivity contribution in [2.24, 2.45) is 0 Å². The van der Waals surface area contributed by atoms with Crippen LogP contribution in [0.5, 0.6) is 5.75 Å². The van der Waals surface area contributed by atoms with Gasteiger partial charge in [-0.3, -0.25) is 14.5 Å². The van der Waals surface area contributed by atoms with Gasteiger partial charge in [-0.25, -0.2) is 0 Å². The Morgan fingerprint density at radius 3 is 2.79 bits per heavy atom. The second kappa shape index (κ2) is 10.4. The van der Waals surface area contributed by atoms with E-state index in [0.717, 1.165) is 30.7 Å². The molecule has 2 fully saturated rings. The highest BCUT2D eigenvalue weighted by Gasteiger charge is 2.33. The fourth-order valence-electron chi connectivity index (χ4n) is 4.30. The Bertz CT molecular complexity index is 728. The maximum absolute atomic E-state index is 12.9. The van der Waals surface area contributed by atoms with Gasteiger partial charge in [-0.05, 0) is 18.9 Å². The summed E-state index contributed by atoms with van der Waals surface area (Å²) in [7, 11) is 3.55. The molecular formula is C23H33N3O3. The zero-order valence-corrected chi connectivity index (χ0v) is 17.6. The van der Waals surface area contributed by atoms with Crippen LogP contribution in [0.25, 0.3) is 6.08 Å². The Morgan fingerprint density at radius 1 is 1.28 bits per heavy atom. The van der Waals surface area contributed by atoms with E-state index in [0.29, 0.717) is 19.1 Å². The minimum absolute atomic E-state index is 0.0488. The molecule has 158 valence electrons. The van der Waals surface area contributed by atoms with Crippen molar-refractivity contribution in [2.45, 2.75) is 50.6 Å². The number of hydrogen-bond acceptors (Lipinski definition) is 4. The molecule has 3 rings (SSSR count). The largest absolute Gasteiger partial charge is 0.496 e. The number of carbonyl (C=O) groups is 2. The van der Waals surface area contributed by atoms with Crippen molar-refractivity contribution in [1.82, 2.24) is 15.1 Å². The SMILES string of the molecule is COc1ccccc1/C=C/CN1CCNC(=O)[C@H]1CC(=O)N(C)C1CCCCC1. The molecule has 6 nitrogen and oxygen atoms in total. The molecule has 0 aromatic heterocycles. The Hall–Kier alpha value is -2.34. The molecule has 1 heterocycles. The molecule has 1 aliphatic carbocycles. The fraction of sp³-hybridized carbons (Fsp3) is 0.565. The summed E-state index contributed by atoms with van der Waals surface area (Å²) in [6.45, 7) is 1.98. The Balaban J connectivity index is 1.61. The predicted octanol–water partition coefficient (Wildman–Crippen LogP) is 2.69. The number of benzene rings is 1. The molecule has 1 aliphatic heterocycles. The quantitative estimate of drug-likeness (QED) is 0.766. The third kappa shape index (κ3) is 5.60. The van der Waals surface area contributed by atoms with Gasteiger partial charge in [0.15, 0.2) is 0 Å². The van der Waals surface area contributed by atoms with E-state index in [4.69, 9.17) is 4.74 Å². The zero-order valence-electron chi connectivity index (χ0n) is 17.6. The van der Waals surface area contributed by atoms with Gasteiger partial charge in [-0.2, -0.15) is 0 Å². The standard InChI is InChI=1S/C23H33N3O3/c1-25(19-11-4-3-5-12-19)22(27)17-20-23(28)24-14-16-26(20)15-8-10-18-9-6-7-13-21(18)29-2/h6-10,13,19-20H,3-5,11-12,14-17H2,1-2H3,(H,24,28)/b10-8+/t20-/m1/s1. The number of rotatable bonds is 7. The topological polar surface area (TPSA) is 61.9 Å². The van der Waals surface area contributed by atoms with E-state index in [-0.39, 0.29) is 18.2 Å². The molecule has 2 amide bonds. The number of ether oxygens (including phenoxy) is 1. The predicted molar refractivity (Wildman–Crippen MR) is 115 cm³/mol. The lowest BCUT2D eigenvalue weighted by Gasteiger charge is -2.36. The summed E-state index contributed by atoms with van der Waals surface area (Å²) in [4.78, 5) is 29.3. The maximum Gasteiger partial charge on any atom is 0.237 e. The summed E-state index contributed by atoms with van der Waals surface area (Å²) in [6, 6.07) is 7.75. The molecule has 0 radical (unpaired) electrons. The Labute approximate surface area is 173 Å². The fourth-order valence-corrected chi connectivity index (χ4v) is 4.30. The molecule has 0 unspecified atom stereocenters. The first kappa shape index (κ1) is 21.4. The summed E-state index contributed by atoms with van der Waals surface area (Å²) >= 11 is 0. The zero-order chi connectivity index (χ0) is 20.6. The minimum atomic E-state index is -0.412. The van der Waals surface area contributed by atoms with Crippen LogP contribution in [0.15, 0.2) is 30.3 Å². The van der Waals surface area contributed by atoms with Crippen LogP contribution in [0.2, 0.25) is 0 Å². The molecule has 1 aromatic carbocycles. The van der Waals surface area contributed by atoms with Crippen molar-refractivity contribution < 1.29 is 14.3 Å². The Kier molecular flexibility index (Phi) is 7.69. The van der Waals surface area contributed by atoms with Crippen LogP contribution >= 0.6 is 0 Å². The molecule has 6 heteroatoms. The van der Waals surface area contributed by atoms with Gasteiger partial charge in [0, 0.05) is 38.3 Å². The van der Waals surface area contributed by atoms with Crippen molar-refractivity contribution in [3.05, 3.63) is 35.9 Å². The summed E-state index contributed by atoms with van der Waals surface area (Å²) in [6.07, 6.45) is 10.1. The number of methoxy groups -OCH3 is 1. The number of hydrogen-bond donors (Lipinski definition) is 1. The van der Waals surface area contributed by atoms with Crippen LogP contribution in [0.1, 0.15) is 44.1 Å². The monoisotopic (exact) mass is 399 g/mol. The molecule has 0 spiro atoms. The highest BCUT2D eigenvalue weighted by Crippen LogP contribution is 2.23. The van der Waals surface area contributed by atoms with Crippen LogP contribution in [0, 0.1) is 0 Å². The van der Waals surface area contributed by atoms with Crippen LogP contribution in [0.3, 0.4) is 0 Å². The van der Waals surface area contributed by atoms with Crippen molar-refractivity contribution in [1.29, 1.82) is 0 Å². The van der Waals surface area contributed by atoms with E-state index in [9.17, 15) is 9.59 Å². The minimum Gasteiger partial charge on any atom is -0.496 e. The summed E-state index contributed by atoms with van der Waals surface area (Å²) < 4.78 is 5.38. The second-order valence-corrected chi connectivity index (χ2v) is 7.95. The number of nitrogens with zero attached hydrogens (tertiary/aromatic N) is 2.